The number of carbonyl (C=O) groups is 2. The molecule has 0 aliphatic carbocycles. The predicted molar refractivity (Wildman–Crippen MR) is 95.3 cm³/mol. The number of hydrogen-bond donors (Lipinski definition) is 1. The van der Waals surface area contributed by atoms with Crippen LogP contribution in [0.4, 0.5) is 0 Å². The van der Waals surface area contributed by atoms with Crippen LogP contribution in [0.2, 0.25) is 0 Å². The number of para-hydroxylation sites is 1. The molecule has 0 radical (unpaired) electrons. The highest BCUT2D eigenvalue weighted by molar-refractivity contribution is 5.97. The van der Waals surface area contributed by atoms with Crippen LogP contribution >= 0.6 is 0 Å². The van der Waals surface area contributed by atoms with E-state index >= 15 is 0 Å². The minimum atomic E-state index is -0.476. The van der Waals surface area contributed by atoms with E-state index in [0.717, 1.165) is 48.1 Å². The zero-order valence-corrected chi connectivity index (χ0v) is 14.0. The first-order valence-electron chi connectivity index (χ1n) is 8.41. The van der Waals surface area contributed by atoms with Crippen molar-refractivity contribution in [1.82, 2.24) is 9.47 Å². The van der Waals surface area contributed by atoms with Gasteiger partial charge in [0.05, 0.1) is 0 Å². The Morgan fingerprint density at radius 2 is 1.88 bits per heavy atom. The molecule has 1 aromatic carbocycles. The summed E-state index contributed by atoms with van der Waals surface area (Å²) in [6.07, 6.45) is 6.48. The van der Waals surface area contributed by atoms with Crippen molar-refractivity contribution in [3.05, 3.63) is 41.6 Å². The number of aromatic nitrogens is 1. The topological polar surface area (TPSA) is 68.3 Å². The second kappa shape index (κ2) is 6.91. The number of nitrogens with zero attached hydrogens (tertiary/aromatic N) is 2. The van der Waals surface area contributed by atoms with Crippen LogP contribution in [0.15, 0.2) is 30.3 Å². The molecule has 0 atom stereocenters. The molecule has 0 bridgehead atoms. The Bertz CT molecular complexity index is 798. The van der Waals surface area contributed by atoms with Gasteiger partial charge in [-0.25, -0.2) is 0 Å². The Morgan fingerprint density at radius 1 is 1.17 bits per heavy atom. The van der Waals surface area contributed by atoms with Gasteiger partial charge in [-0.3, -0.25) is 9.59 Å². The van der Waals surface area contributed by atoms with Crippen molar-refractivity contribution in [1.29, 1.82) is 0 Å². The summed E-state index contributed by atoms with van der Waals surface area (Å²) in [5.74, 6) is -0.320. The number of carbonyl (C=O) groups excluding carboxylic acids is 2. The van der Waals surface area contributed by atoms with Gasteiger partial charge in [0.2, 0.25) is 11.8 Å². The first-order chi connectivity index (χ1) is 11.6. The predicted octanol–water partition coefficient (Wildman–Crippen LogP) is 2.46. The molecule has 1 aliphatic heterocycles. The summed E-state index contributed by atoms with van der Waals surface area (Å²) in [5.41, 5.74) is 8.14. The van der Waals surface area contributed by atoms with Gasteiger partial charge in [0.25, 0.3) is 0 Å². The molecule has 2 heterocycles. The molecule has 5 heteroatoms. The lowest BCUT2D eigenvalue weighted by atomic mass is 10.1. The van der Waals surface area contributed by atoms with Crippen molar-refractivity contribution >= 4 is 28.8 Å². The van der Waals surface area contributed by atoms with Crippen molar-refractivity contribution in [3.63, 3.8) is 0 Å². The number of piperidine rings is 1. The normalized spacial score (nSPS) is 15.3. The van der Waals surface area contributed by atoms with Crippen LogP contribution in [0.1, 0.15) is 30.5 Å². The van der Waals surface area contributed by atoms with Crippen LogP contribution in [0.3, 0.4) is 0 Å². The monoisotopic (exact) mass is 325 g/mol. The molecule has 2 amide bonds. The van der Waals surface area contributed by atoms with E-state index in [0.29, 0.717) is 6.54 Å². The summed E-state index contributed by atoms with van der Waals surface area (Å²) in [6, 6.07) is 7.93. The maximum atomic E-state index is 12.7. The molecule has 1 fully saturated rings. The summed E-state index contributed by atoms with van der Waals surface area (Å²) in [7, 11) is 0. The summed E-state index contributed by atoms with van der Waals surface area (Å²) in [4.78, 5) is 25.7. The first-order valence-corrected chi connectivity index (χ1v) is 8.41. The minimum Gasteiger partial charge on any atom is -0.366 e. The van der Waals surface area contributed by atoms with Gasteiger partial charge in [0.1, 0.15) is 6.54 Å². The molecule has 0 unspecified atom stereocenters. The van der Waals surface area contributed by atoms with Crippen molar-refractivity contribution in [2.24, 2.45) is 5.73 Å². The zero-order chi connectivity index (χ0) is 17.1. The average Bonchev–Trinajstić information content (AvgIpc) is 2.86. The van der Waals surface area contributed by atoms with E-state index in [4.69, 9.17) is 5.73 Å². The van der Waals surface area contributed by atoms with Gasteiger partial charge in [0, 0.05) is 41.3 Å². The van der Waals surface area contributed by atoms with E-state index in [1.807, 2.05) is 40.7 Å². The van der Waals surface area contributed by atoms with Crippen LogP contribution in [0, 0.1) is 6.92 Å². The van der Waals surface area contributed by atoms with Gasteiger partial charge in [-0.2, -0.15) is 0 Å². The third-order valence-electron chi connectivity index (χ3n) is 4.70. The van der Waals surface area contributed by atoms with Crippen LogP contribution in [-0.4, -0.2) is 34.4 Å². The Hall–Kier alpha value is -2.56. The Labute approximate surface area is 141 Å². The summed E-state index contributed by atoms with van der Waals surface area (Å²) < 4.78 is 2.03. The van der Waals surface area contributed by atoms with Crippen LogP contribution in [0.5, 0.6) is 0 Å². The van der Waals surface area contributed by atoms with Crippen LogP contribution < -0.4 is 5.73 Å². The maximum Gasteiger partial charge on any atom is 0.242 e. The molecule has 2 N–H and O–H groups in total. The molecule has 3 rings (SSSR count). The van der Waals surface area contributed by atoms with Crippen molar-refractivity contribution < 1.29 is 9.59 Å². The molecule has 126 valence electrons. The van der Waals surface area contributed by atoms with Gasteiger partial charge in [-0.1, -0.05) is 18.2 Å². The molecule has 2 aromatic rings. The van der Waals surface area contributed by atoms with Crippen molar-refractivity contribution in [2.75, 3.05) is 13.1 Å². The molecule has 1 saturated heterocycles. The fourth-order valence-electron chi connectivity index (χ4n) is 3.42. The number of hydrogen-bond acceptors (Lipinski definition) is 2. The van der Waals surface area contributed by atoms with Gasteiger partial charge in [-0.05, 0) is 38.3 Å². The zero-order valence-electron chi connectivity index (χ0n) is 14.0. The summed E-state index contributed by atoms with van der Waals surface area (Å²) >= 11 is 0. The second-order valence-corrected chi connectivity index (χ2v) is 6.28. The third kappa shape index (κ3) is 3.20. The number of rotatable bonds is 4. The number of primary amides is 1. The molecular weight excluding hydrogens is 302 g/mol. The largest absolute Gasteiger partial charge is 0.366 e. The molecule has 0 saturated carbocycles. The van der Waals surface area contributed by atoms with E-state index < -0.39 is 5.91 Å². The highest BCUT2D eigenvalue weighted by Gasteiger charge is 2.19. The summed E-state index contributed by atoms with van der Waals surface area (Å²) in [5, 5.41) is 1.03. The van der Waals surface area contributed by atoms with Gasteiger partial charge in [-0.15, -0.1) is 0 Å². The van der Waals surface area contributed by atoms with Crippen LogP contribution in [-0.2, 0) is 16.1 Å². The smallest absolute Gasteiger partial charge is 0.242 e. The van der Waals surface area contributed by atoms with Gasteiger partial charge < -0.3 is 15.2 Å². The molecule has 24 heavy (non-hydrogen) atoms. The summed E-state index contributed by atoms with van der Waals surface area (Å²) in [6.45, 7) is 4.01. The molecule has 1 aromatic heterocycles. The van der Waals surface area contributed by atoms with Gasteiger partial charge in [0.15, 0.2) is 0 Å². The van der Waals surface area contributed by atoms with E-state index in [1.165, 1.54) is 12.5 Å². The fraction of sp³-hybridized carbons (Fsp3) is 0.368. The van der Waals surface area contributed by atoms with E-state index in [-0.39, 0.29) is 5.91 Å². The fourth-order valence-corrected chi connectivity index (χ4v) is 3.42. The van der Waals surface area contributed by atoms with E-state index in [1.54, 1.807) is 6.08 Å². The number of amides is 2. The maximum absolute atomic E-state index is 12.7. The lowest BCUT2D eigenvalue weighted by Crippen LogP contribution is -2.37. The molecular formula is C19H23N3O2. The van der Waals surface area contributed by atoms with Crippen molar-refractivity contribution in [3.8, 4) is 0 Å². The number of benzene rings is 1. The van der Waals surface area contributed by atoms with Crippen molar-refractivity contribution in [2.45, 2.75) is 32.7 Å². The number of nitrogens with two attached hydrogens (primary N) is 1. The van der Waals surface area contributed by atoms with Crippen LogP contribution in [0.25, 0.3) is 17.0 Å². The highest BCUT2D eigenvalue weighted by atomic mass is 16.2. The Kier molecular flexibility index (Phi) is 4.69. The first kappa shape index (κ1) is 16.3. The lowest BCUT2D eigenvalue weighted by molar-refractivity contribution is -0.132. The molecule has 0 spiro atoms. The quantitative estimate of drug-likeness (QED) is 0.877. The average molecular weight is 325 g/mol. The minimum absolute atomic E-state index is 0.156. The lowest BCUT2D eigenvalue weighted by Gasteiger charge is -2.27. The Morgan fingerprint density at radius 3 is 2.58 bits per heavy atom. The molecule has 5 nitrogen and oxygen atoms in total. The van der Waals surface area contributed by atoms with E-state index in [2.05, 4.69) is 0 Å². The van der Waals surface area contributed by atoms with E-state index in [9.17, 15) is 9.59 Å². The highest BCUT2D eigenvalue weighted by Crippen LogP contribution is 2.27. The van der Waals surface area contributed by atoms with Gasteiger partial charge >= 0.3 is 0 Å². The number of fused-ring (bicyclic) bond motifs is 1. The number of likely N-dealkylation sites (tertiary alicyclic amines) is 1. The Balaban J connectivity index is 1.96. The standard InChI is InChI=1S/C19H23N3O2/c1-14-15(9-10-18(20)23)16-7-3-4-8-17(16)22(14)13-19(24)21-11-5-2-6-12-21/h3-4,7-10H,2,5-6,11-13H2,1H3,(H2,20,23)/b10-9+. The second-order valence-electron chi connectivity index (χ2n) is 6.28. The SMILES string of the molecule is Cc1c(/C=C/C(N)=O)c2ccccc2n1CC(=O)N1CCCCC1. The molecule has 1 aliphatic rings. The third-order valence-corrected chi connectivity index (χ3v) is 4.70.